The van der Waals surface area contributed by atoms with E-state index in [1.807, 2.05) is 0 Å². The standard InChI is InChI=1S/C24H21Cl3F4N2O3/c1-21(2,3)35-20(34)33-11-22(28,12-33)14-6-4-13(5-7-14)18-10-23(36-32-18,24(29,30)31)15-8-16(25)19(27)17(26)9-15/h4-10,32H,11-12H2,1-3H3. The van der Waals surface area contributed by atoms with Crippen LogP contribution in [0.25, 0.3) is 5.70 Å². The molecule has 0 aliphatic carbocycles. The molecule has 2 aromatic rings. The summed E-state index contributed by atoms with van der Waals surface area (Å²) in [6, 6.07) is 7.90. The Bertz CT molecular complexity index is 1200. The Balaban J connectivity index is 1.57. The minimum absolute atomic E-state index is 0.0120. The lowest BCUT2D eigenvalue weighted by molar-refractivity contribution is -0.269. The maximum atomic E-state index is 15.3. The van der Waals surface area contributed by atoms with Crippen LogP contribution in [0.2, 0.25) is 15.1 Å². The number of hydrogen-bond donors (Lipinski definition) is 1. The lowest BCUT2D eigenvalue weighted by Crippen LogP contribution is -2.59. The predicted octanol–water partition coefficient (Wildman–Crippen LogP) is 7.40. The van der Waals surface area contributed by atoms with Crippen LogP contribution in [-0.4, -0.2) is 35.9 Å². The van der Waals surface area contributed by atoms with E-state index in [9.17, 15) is 18.0 Å². The smallest absolute Gasteiger partial charge is 0.428 e. The van der Waals surface area contributed by atoms with Gasteiger partial charge in [0.2, 0.25) is 5.60 Å². The predicted molar refractivity (Wildman–Crippen MR) is 128 cm³/mol. The van der Waals surface area contributed by atoms with Gasteiger partial charge in [0.15, 0.2) is 5.67 Å². The van der Waals surface area contributed by atoms with Gasteiger partial charge in [-0.15, -0.1) is 0 Å². The minimum Gasteiger partial charge on any atom is -0.444 e. The molecule has 0 radical (unpaired) electrons. The molecule has 1 atom stereocenters. The SMILES string of the molecule is CC(C)(C)OC(=O)N1CC(F)(c2ccc(C3=CC(c4cc(Cl)c(Cl)c(Cl)c4)(C(F)(F)F)ON3)cc2)C1. The van der Waals surface area contributed by atoms with Gasteiger partial charge in [-0.05, 0) is 50.1 Å². The first-order chi connectivity index (χ1) is 16.5. The first kappa shape index (κ1) is 26.9. The molecule has 0 saturated carbocycles. The zero-order valence-corrected chi connectivity index (χ0v) is 21.5. The molecule has 0 aromatic heterocycles. The highest BCUT2D eigenvalue weighted by molar-refractivity contribution is 6.48. The summed E-state index contributed by atoms with van der Waals surface area (Å²) in [5.74, 6) is 0. The number of nitrogens with zero attached hydrogens (tertiary/aromatic N) is 1. The van der Waals surface area contributed by atoms with E-state index >= 15 is 4.39 Å². The minimum atomic E-state index is -4.89. The molecule has 2 heterocycles. The molecule has 4 rings (SSSR count). The average molecular weight is 568 g/mol. The second-order valence-electron chi connectivity index (χ2n) is 9.63. The van der Waals surface area contributed by atoms with E-state index in [0.29, 0.717) is 5.56 Å². The summed E-state index contributed by atoms with van der Waals surface area (Å²) >= 11 is 17.8. The van der Waals surface area contributed by atoms with E-state index < -0.39 is 29.1 Å². The van der Waals surface area contributed by atoms with Crippen LogP contribution in [0.3, 0.4) is 0 Å². The van der Waals surface area contributed by atoms with Crippen molar-refractivity contribution in [3.8, 4) is 0 Å². The third-order valence-corrected chi connectivity index (χ3v) is 6.95. The molecule has 0 spiro atoms. The number of nitrogens with one attached hydrogen (secondary N) is 1. The lowest BCUT2D eigenvalue weighted by atomic mass is 9.87. The summed E-state index contributed by atoms with van der Waals surface area (Å²) in [6.45, 7) is 4.75. The molecule has 1 amide bonds. The van der Waals surface area contributed by atoms with Crippen molar-refractivity contribution in [2.45, 2.75) is 43.8 Å². The Kier molecular flexibility index (Phi) is 6.69. The van der Waals surface area contributed by atoms with E-state index in [2.05, 4.69) is 5.48 Å². The fourth-order valence-corrected chi connectivity index (χ4v) is 4.50. The van der Waals surface area contributed by atoms with Crippen molar-refractivity contribution < 1.29 is 31.9 Å². The van der Waals surface area contributed by atoms with Crippen LogP contribution < -0.4 is 5.48 Å². The Morgan fingerprint density at radius 1 is 1.03 bits per heavy atom. The molecular weight excluding hydrogens is 547 g/mol. The Labute approximate surface area is 219 Å². The first-order valence-corrected chi connectivity index (χ1v) is 11.8. The molecule has 1 N–H and O–H groups in total. The molecule has 5 nitrogen and oxygen atoms in total. The van der Waals surface area contributed by atoms with E-state index in [0.717, 1.165) is 18.2 Å². The van der Waals surface area contributed by atoms with Crippen LogP contribution in [0.4, 0.5) is 22.4 Å². The number of amides is 1. The highest BCUT2D eigenvalue weighted by Gasteiger charge is 2.60. The fraction of sp³-hybridized carbons (Fsp3) is 0.375. The van der Waals surface area contributed by atoms with Crippen LogP contribution >= 0.6 is 34.8 Å². The van der Waals surface area contributed by atoms with Crippen LogP contribution in [0.1, 0.15) is 37.5 Å². The Morgan fingerprint density at radius 3 is 2.08 bits per heavy atom. The molecule has 1 saturated heterocycles. The molecule has 0 bridgehead atoms. The molecule has 36 heavy (non-hydrogen) atoms. The number of benzene rings is 2. The van der Waals surface area contributed by atoms with Gasteiger partial charge < -0.3 is 9.64 Å². The van der Waals surface area contributed by atoms with Crippen molar-refractivity contribution in [2.75, 3.05) is 13.1 Å². The highest BCUT2D eigenvalue weighted by atomic mass is 35.5. The number of hydroxylamine groups is 1. The lowest BCUT2D eigenvalue weighted by Gasteiger charge is -2.44. The van der Waals surface area contributed by atoms with Crippen molar-refractivity contribution in [2.24, 2.45) is 0 Å². The van der Waals surface area contributed by atoms with Crippen molar-refractivity contribution in [1.29, 1.82) is 0 Å². The number of carbonyl (C=O) groups excluding carboxylic acids is 1. The Morgan fingerprint density at radius 2 is 1.58 bits per heavy atom. The van der Waals surface area contributed by atoms with Crippen LogP contribution in [0.15, 0.2) is 42.5 Å². The molecular formula is C24H21Cl3F4N2O3. The van der Waals surface area contributed by atoms with E-state index in [1.54, 1.807) is 20.8 Å². The van der Waals surface area contributed by atoms with Crippen molar-refractivity contribution in [3.05, 3.63) is 74.2 Å². The van der Waals surface area contributed by atoms with Crippen molar-refractivity contribution >= 4 is 46.6 Å². The van der Waals surface area contributed by atoms with Crippen molar-refractivity contribution in [3.63, 3.8) is 0 Å². The van der Waals surface area contributed by atoms with Gasteiger partial charge in [0.05, 0.1) is 33.9 Å². The maximum Gasteiger partial charge on any atom is 0.428 e. The summed E-state index contributed by atoms with van der Waals surface area (Å²) in [7, 11) is 0. The number of halogens is 7. The second-order valence-corrected chi connectivity index (χ2v) is 10.8. The highest BCUT2D eigenvalue weighted by Crippen LogP contribution is 2.49. The summed E-state index contributed by atoms with van der Waals surface area (Å²) < 4.78 is 63.2. The molecule has 194 valence electrons. The monoisotopic (exact) mass is 566 g/mol. The van der Waals surface area contributed by atoms with Crippen LogP contribution in [0, 0.1) is 0 Å². The summed E-state index contributed by atoms with van der Waals surface area (Å²) in [6.07, 6.45) is -4.64. The third-order valence-electron chi connectivity index (χ3n) is 5.75. The average Bonchev–Trinajstić information content (AvgIpc) is 3.21. The Hall–Kier alpha value is -2.20. The molecule has 2 aromatic carbocycles. The molecule has 1 unspecified atom stereocenters. The quantitative estimate of drug-likeness (QED) is 0.310. The summed E-state index contributed by atoms with van der Waals surface area (Å²) in [5, 5.41) is -0.398. The number of rotatable bonds is 3. The van der Waals surface area contributed by atoms with Gasteiger partial charge in [0, 0.05) is 5.56 Å². The molecule has 12 heteroatoms. The van der Waals surface area contributed by atoms with Crippen LogP contribution in [0.5, 0.6) is 0 Å². The molecule has 2 aliphatic heterocycles. The van der Waals surface area contributed by atoms with Gasteiger partial charge in [-0.25, -0.2) is 9.18 Å². The van der Waals surface area contributed by atoms with Crippen molar-refractivity contribution in [1.82, 2.24) is 10.4 Å². The number of carbonyl (C=O) groups is 1. The van der Waals surface area contributed by atoms with E-state index in [1.165, 1.54) is 29.2 Å². The third kappa shape index (κ3) is 4.86. The largest absolute Gasteiger partial charge is 0.444 e. The summed E-state index contributed by atoms with van der Waals surface area (Å²) in [5.41, 5.74) is -2.83. The zero-order chi connectivity index (χ0) is 26.7. The van der Waals surface area contributed by atoms with E-state index in [4.69, 9.17) is 44.4 Å². The molecule has 2 aliphatic rings. The van der Waals surface area contributed by atoms with Gasteiger partial charge in [-0.2, -0.15) is 13.2 Å². The molecule has 1 fully saturated rings. The van der Waals surface area contributed by atoms with Gasteiger partial charge in [-0.1, -0.05) is 59.1 Å². The normalized spacial score (nSPS) is 21.5. The van der Waals surface area contributed by atoms with Gasteiger partial charge in [0.1, 0.15) is 5.60 Å². The van der Waals surface area contributed by atoms with Gasteiger partial charge in [-0.3, -0.25) is 10.3 Å². The van der Waals surface area contributed by atoms with Gasteiger partial charge >= 0.3 is 12.3 Å². The second kappa shape index (κ2) is 8.97. The number of ether oxygens (including phenoxy) is 1. The first-order valence-electron chi connectivity index (χ1n) is 10.7. The maximum absolute atomic E-state index is 15.3. The zero-order valence-electron chi connectivity index (χ0n) is 19.3. The number of alkyl halides is 4. The van der Waals surface area contributed by atoms with Gasteiger partial charge in [0.25, 0.3) is 0 Å². The van der Waals surface area contributed by atoms with Crippen LogP contribution in [-0.2, 0) is 20.8 Å². The number of hydrogen-bond acceptors (Lipinski definition) is 4. The fourth-order valence-electron chi connectivity index (χ4n) is 3.90. The summed E-state index contributed by atoms with van der Waals surface area (Å²) in [4.78, 5) is 18.4. The topological polar surface area (TPSA) is 50.8 Å². The van der Waals surface area contributed by atoms with E-state index in [-0.39, 0.29) is 45.0 Å². The number of likely N-dealkylation sites (tertiary alicyclic amines) is 1.